The van der Waals surface area contributed by atoms with Crippen LogP contribution in [0.2, 0.25) is 5.02 Å². The van der Waals surface area contributed by atoms with Crippen LogP contribution in [0, 0.1) is 10.1 Å². The van der Waals surface area contributed by atoms with Gasteiger partial charge in [-0.05, 0) is 41.9 Å². The molecule has 0 amide bonds. The molecule has 0 heterocycles. The summed E-state index contributed by atoms with van der Waals surface area (Å²) in [5.41, 5.74) is -2.13. The van der Waals surface area contributed by atoms with Crippen molar-refractivity contribution < 1.29 is 27.6 Å². The number of nitro benzene ring substituents is 1. The summed E-state index contributed by atoms with van der Waals surface area (Å²) >= 11 is 11.0. The van der Waals surface area contributed by atoms with Gasteiger partial charge in [0.1, 0.15) is 11.3 Å². The van der Waals surface area contributed by atoms with Crippen LogP contribution in [0.25, 0.3) is 0 Å². The molecule has 0 atom stereocenters. The fraction of sp³-hybridized carbons (Fsp3) is 0.0714. The van der Waals surface area contributed by atoms with Crippen molar-refractivity contribution >= 4 is 34.1 Å². The molecule has 5 nitrogen and oxygen atoms in total. The highest BCUT2D eigenvalue weighted by molar-refractivity contribution is 6.68. The van der Waals surface area contributed by atoms with Gasteiger partial charge in [-0.25, -0.2) is 0 Å². The SMILES string of the molecule is O=C(Cl)c1cccc(Oc2ccc(C(F)(F)F)cc2Cl)c1[N+](=O)[O-]. The second kappa shape index (κ2) is 6.66. The number of nitro groups is 1. The Morgan fingerprint density at radius 2 is 1.83 bits per heavy atom. The number of para-hydroxylation sites is 1. The first-order valence-corrected chi connectivity index (χ1v) is 6.88. The van der Waals surface area contributed by atoms with Gasteiger partial charge in [-0.3, -0.25) is 14.9 Å². The molecule has 10 heteroatoms. The molecule has 0 saturated heterocycles. The monoisotopic (exact) mass is 379 g/mol. The molecule has 0 saturated carbocycles. The van der Waals surface area contributed by atoms with Crippen LogP contribution in [0.15, 0.2) is 36.4 Å². The Kier molecular flexibility index (Phi) is 5.00. The van der Waals surface area contributed by atoms with Crippen molar-refractivity contribution in [3.8, 4) is 11.5 Å². The van der Waals surface area contributed by atoms with Gasteiger partial charge in [0, 0.05) is 0 Å². The largest absolute Gasteiger partial charge is 0.449 e. The van der Waals surface area contributed by atoms with E-state index in [-0.39, 0.29) is 11.5 Å². The van der Waals surface area contributed by atoms with Crippen molar-refractivity contribution in [2.45, 2.75) is 6.18 Å². The summed E-state index contributed by atoms with van der Waals surface area (Å²) in [6.45, 7) is 0. The number of nitrogens with zero attached hydrogens (tertiary/aromatic N) is 1. The molecule has 24 heavy (non-hydrogen) atoms. The summed E-state index contributed by atoms with van der Waals surface area (Å²) in [7, 11) is 0. The van der Waals surface area contributed by atoms with E-state index in [0.29, 0.717) is 12.1 Å². The van der Waals surface area contributed by atoms with Crippen LogP contribution >= 0.6 is 23.2 Å². The van der Waals surface area contributed by atoms with Gasteiger partial charge in [0.15, 0.2) is 0 Å². The quantitative estimate of drug-likeness (QED) is 0.403. The van der Waals surface area contributed by atoms with Crippen LogP contribution in [0.1, 0.15) is 15.9 Å². The van der Waals surface area contributed by atoms with Crippen molar-refractivity contribution in [1.29, 1.82) is 0 Å². The fourth-order valence-electron chi connectivity index (χ4n) is 1.83. The molecular formula is C14H6Cl2F3NO4. The van der Waals surface area contributed by atoms with E-state index < -0.39 is 38.2 Å². The summed E-state index contributed by atoms with van der Waals surface area (Å²) in [6, 6.07) is 5.81. The number of carbonyl (C=O) groups excluding carboxylic acids is 1. The van der Waals surface area contributed by atoms with Gasteiger partial charge in [-0.15, -0.1) is 0 Å². The van der Waals surface area contributed by atoms with E-state index in [0.717, 1.165) is 18.2 Å². The lowest BCUT2D eigenvalue weighted by atomic mass is 10.1. The minimum atomic E-state index is -4.60. The number of hydrogen-bond acceptors (Lipinski definition) is 4. The minimum absolute atomic E-state index is 0.244. The second-order valence-corrected chi connectivity index (χ2v) is 5.18. The third-order valence-electron chi connectivity index (χ3n) is 2.87. The van der Waals surface area contributed by atoms with Crippen molar-refractivity contribution in [2.24, 2.45) is 0 Å². The molecule has 126 valence electrons. The van der Waals surface area contributed by atoms with E-state index in [4.69, 9.17) is 27.9 Å². The predicted molar refractivity (Wildman–Crippen MR) is 79.8 cm³/mol. The van der Waals surface area contributed by atoms with Gasteiger partial charge >= 0.3 is 11.9 Å². The van der Waals surface area contributed by atoms with Gasteiger partial charge in [0.2, 0.25) is 5.75 Å². The van der Waals surface area contributed by atoms with E-state index in [9.17, 15) is 28.1 Å². The smallest absolute Gasteiger partial charge is 0.416 e. The standard InChI is InChI=1S/C14H6Cl2F3NO4/c15-9-6-7(14(17,18)19)4-5-10(9)24-11-3-1-2-8(13(16)21)12(11)20(22)23/h1-6H. The molecule has 0 N–H and O–H groups in total. The fourth-order valence-corrected chi connectivity index (χ4v) is 2.20. The first-order valence-electron chi connectivity index (χ1n) is 6.13. The minimum Gasteiger partial charge on any atom is -0.449 e. The Morgan fingerprint density at radius 3 is 2.33 bits per heavy atom. The number of carbonyl (C=O) groups is 1. The van der Waals surface area contributed by atoms with Crippen LogP contribution < -0.4 is 4.74 Å². The first-order chi connectivity index (χ1) is 11.1. The van der Waals surface area contributed by atoms with E-state index >= 15 is 0 Å². The van der Waals surface area contributed by atoms with Gasteiger partial charge in [-0.2, -0.15) is 13.2 Å². The second-order valence-electron chi connectivity index (χ2n) is 4.43. The molecule has 0 aliphatic heterocycles. The summed E-state index contributed by atoms with van der Waals surface area (Å²) in [4.78, 5) is 21.5. The molecule has 0 bridgehead atoms. The van der Waals surface area contributed by atoms with Crippen LogP contribution in [0.5, 0.6) is 11.5 Å². The highest BCUT2D eigenvalue weighted by Gasteiger charge is 2.31. The number of alkyl halides is 3. The summed E-state index contributed by atoms with van der Waals surface area (Å²) in [6.07, 6.45) is -4.60. The lowest BCUT2D eigenvalue weighted by Gasteiger charge is -2.11. The Labute approximate surface area is 142 Å². The molecule has 0 aromatic heterocycles. The summed E-state index contributed by atoms with van der Waals surface area (Å²) in [5, 5.41) is 9.66. The van der Waals surface area contributed by atoms with E-state index in [1.165, 1.54) is 6.07 Å². The maximum atomic E-state index is 12.6. The van der Waals surface area contributed by atoms with Gasteiger partial charge < -0.3 is 4.74 Å². The maximum absolute atomic E-state index is 12.6. The molecule has 2 aromatic rings. The predicted octanol–water partition coefficient (Wildman–Crippen LogP) is 5.44. The van der Waals surface area contributed by atoms with Gasteiger partial charge in [-0.1, -0.05) is 17.7 Å². The van der Waals surface area contributed by atoms with E-state index in [1.54, 1.807) is 0 Å². The number of halogens is 5. The van der Waals surface area contributed by atoms with Crippen molar-refractivity contribution in [3.05, 3.63) is 62.7 Å². The number of rotatable bonds is 4. The number of ether oxygens (including phenoxy) is 1. The zero-order chi connectivity index (χ0) is 18.1. The average molecular weight is 380 g/mol. The number of hydrogen-bond donors (Lipinski definition) is 0. The van der Waals surface area contributed by atoms with E-state index in [2.05, 4.69) is 0 Å². The van der Waals surface area contributed by atoms with Crippen LogP contribution in [-0.2, 0) is 6.18 Å². The maximum Gasteiger partial charge on any atom is 0.416 e. The van der Waals surface area contributed by atoms with Crippen molar-refractivity contribution in [3.63, 3.8) is 0 Å². The normalized spacial score (nSPS) is 11.2. The number of benzene rings is 2. The molecule has 0 unspecified atom stereocenters. The molecule has 2 rings (SSSR count). The van der Waals surface area contributed by atoms with E-state index in [1.807, 2.05) is 0 Å². The molecule has 0 fully saturated rings. The third kappa shape index (κ3) is 3.77. The topological polar surface area (TPSA) is 69.4 Å². The average Bonchev–Trinajstić information content (AvgIpc) is 2.47. The van der Waals surface area contributed by atoms with Crippen LogP contribution in [0.3, 0.4) is 0 Å². The Morgan fingerprint density at radius 1 is 1.17 bits per heavy atom. The Hall–Kier alpha value is -2.32. The van der Waals surface area contributed by atoms with Gasteiger partial charge in [0.25, 0.3) is 5.24 Å². The lowest BCUT2D eigenvalue weighted by Crippen LogP contribution is -2.05. The van der Waals surface area contributed by atoms with Gasteiger partial charge in [0.05, 0.1) is 15.5 Å². The molecule has 2 aromatic carbocycles. The van der Waals surface area contributed by atoms with Crippen molar-refractivity contribution in [1.82, 2.24) is 0 Å². The zero-order valence-electron chi connectivity index (χ0n) is 11.4. The summed E-state index contributed by atoms with van der Waals surface area (Å²) < 4.78 is 43.0. The highest BCUT2D eigenvalue weighted by Crippen LogP contribution is 2.39. The third-order valence-corrected chi connectivity index (χ3v) is 3.37. The van der Waals surface area contributed by atoms with Crippen LogP contribution in [-0.4, -0.2) is 10.2 Å². The summed E-state index contributed by atoms with van der Waals surface area (Å²) in [5.74, 6) is -0.625. The molecule has 0 radical (unpaired) electrons. The Balaban J connectivity index is 2.47. The highest BCUT2D eigenvalue weighted by atomic mass is 35.5. The van der Waals surface area contributed by atoms with Crippen molar-refractivity contribution in [2.75, 3.05) is 0 Å². The van der Waals surface area contributed by atoms with Crippen LogP contribution in [0.4, 0.5) is 18.9 Å². The lowest BCUT2D eigenvalue weighted by molar-refractivity contribution is -0.385. The molecule has 0 spiro atoms. The Bertz CT molecular complexity index is 824. The molecule has 0 aliphatic carbocycles. The molecule has 0 aliphatic rings. The first kappa shape index (κ1) is 18.0. The molecular weight excluding hydrogens is 374 g/mol. The zero-order valence-corrected chi connectivity index (χ0v) is 12.9.